The van der Waals surface area contributed by atoms with Crippen molar-refractivity contribution in [1.29, 1.82) is 0 Å². The van der Waals surface area contributed by atoms with Gasteiger partial charge < -0.3 is 0 Å². The number of anilines is 1. The predicted molar refractivity (Wildman–Crippen MR) is 129 cm³/mol. The van der Waals surface area contributed by atoms with Gasteiger partial charge in [0.25, 0.3) is 0 Å². The highest BCUT2D eigenvalue weighted by atomic mass is 79.9. The highest BCUT2D eigenvalue weighted by Gasteiger charge is 2.42. The minimum absolute atomic E-state index is 0.00694. The van der Waals surface area contributed by atoms with E-state index in [1.807, 2.05) is 50.2 Å². The van der Waals surface area contributed by atoms with Gasteiger partial charge in [0.05, 0.1) is 12.3 Å². The topological polar surface area (TPSA) is 35.9 Å². The molecule has 1 heterocycles. The summed E-state index contributed by atoms with van der Waals surface area (Å²) in [7, 11) is 0. The van der Waals surface area contributed by atoms with Gasteiger partial charge in [-0.3, -0.25) is 4.90 Å². The molecule has 2 amide bonds. The zero-order valence-corrected chi connectivity index (χ0v) is 20.4. The van der Waals surface area contributed by atoms with Crippen LogP contribution in [0.25, 0.3) is 0 Å². The molecule has 6 heteroatoms. The van der Waals surface area contributed by atoms with E-state index < -0.39 is 0 Å². The van der Waals surface area contributed by atoms with Gasteiger partial charge in [0, 0.05) is 26.6 Å². The van der Waals surface area contributed by atoms with Gasteiger partial charge >= 0.3 is 6.03 Å². The Balaban J connectivity index is 1.96. The van der Waals surface area contributed by atoms with Crippen molar-refractivity contribution in [2.24, 2.45) is 10.5 Å². The smallest absolute Gasteiger partial charge is 0.290 e. The number of amides is 2. The maximum atomic E-state index is 13.6. The van der Waals surface area contributed by atoms with E-state index in [1.54, 1.807) is 9.91 Å². The Labute approximate surface area is 193 Å². The summed E-state index contributed by atoms with van der Waals surface area (Å²) in [6, 6.07) is 15.5. The first-order chi connectivity index (χ1) is 14.2. The van der Waals surface area contributed by atoms with Crippen molar-refractivity contribution in [3.63, 3.8) is 0 Å². The molecule has 0 N–H and O–H groups in total. The van der Waals surface area contributed by atoms with Crippen molar-refractivity contribution in [3.8, 4) is 0 Å². The molecular weight excluding hydrogens is 462 g/mol. The summed E-state index contributed by atoms with van der Waals surface area (Å²) in [6.45, 7) is 9.02. The third kappa shape index (κ3) is 4.89. The van der Waals surface area contributed by atoms with E-state index in [2.05, 4.69) is 41.9 Å². The first-order valence-corrected chi connectivity index (χ1v) is 11.6. The summed E-state index contributed by atoms with van der Waals surface area (Å²) in [4.78, 5) is 15.4. The first kappa shape index (κ1) is 22.8. The summed E-state index contributed by atoms with van der Waals surface area (Å²) in [5, 5.41) is 7.15. The van der Waals surface area contributed by atoms with Crippen molar-refractivity contribution in [2.45, 2.75) is 53.0 Å². The molecule has 0 saturated carbocycles. The fourth-order valence-corrected chi connectivity index (χ4v) is 4.32. The van der Waals surface area contributed by atoms with E-state index in [1.165, 1.54) is 0 Å². The SMILES string of the molecule is CCCCC1(C)CN(C(=O)N(c2ccc(Cl)cc2)C(C)C)N=C1c1ccc(Br)cc1. The summed E-state index contributed by atoms with van der Waals surface area (Å²) >= 11 is 9.55. The van der Waals surface area contributed by atoms with Crippen LogP contribution in [0, 0.1) is 5.41 Å². The molecule has 30 heavy (non-hydrogen) atoms. The molecule has 1 unspecified atom stereocenters. The van der Waals surface area contributed by atoms with E-state index in [0.717, 1.165) is 40.7 Å². The summed E-state index contributed by atoms with van der Waals surface area (Å²) in [6.07, 6.45) is 3.20. The lowest BCUT2D eigenvalue weighted by molar-refractivity contribution is 0.197. The number of carbonyl (C=O) groups excluding carboxylic acids is 1. The van der Waals surface area contributed by atoms with E-state index in [4.69, 9.17) is 16.7 Å². The standard InChI is InChI=1S/C24H29BrClN3O/c1-5-6-15-24(4)16-28(27-22(24)18-7-9-19(25)10-8-18)23(30)29(17(2)3)21-13-11-20(26)12-14-21/h7-14,17H,5-6,15-16H2,1-4H3. The van der Waals surface area contributed by atoms with Crippen LogP contribution < -0.4 is 4.90 Å². The largest absolute Gasteiger partial charge is 0.345 e. The highest BCUT2D eigenvalue weighted by Crippen LogP contribution is 2.37. The van der Waals surface area contributed by atoms with E-state index in [0.29, 0.717) is 11.6 Å². The van der Waals surface area contributed by atoms with Crippen LogP contribution in [-0.4, -0.2) is 29.3 Å². The molecule has 0 saturated heterocycles. The maximum absolute atomic E-state index is 13.6. The second-order valence-corrected chi connectivity index (χ2v) is 9.75. The van der Waals surface area contributed by atoms with Gasteiger partial charge in [-0.2, -0.15) is 5.10 Å². The van der Waals surface area contributed by atoms with Gasteiger partial charge in [0.2, 0.25) is 0 Å². The van der Waals surface area contributed by atoms with Crippen molar-refractivity contribution < 1.29 is 4.79 Å². The van der Waals surface area contributed by atoms with Gasteiger partial charge in [-0.15, -0.1) is 0 Å². The molecule has 0 fully saturated rings. The van der Waals surface area contributed by atoms with Crippen LogP contribution in [0.1, 0.15) is 52.5 Å². The Bertz CT molecular complexity index is 911. The van der Waals surface area contributed by atoms with E-state index in [9.17, 15) is 4.79 Å². The molecule has 0 aromatic heterocycles. The predicted octanol–water partition coefficient (Wildman–Crippen LogP) is 7.35. The Kier molecular flexibility index (Phi) is 7.25. The van der Waals surface area contributed by atoms with Crippen LogP contribution in [0.3, 0.4) is 0 Å². The van der Waals surface area contributed by atoms with Crippen LogP contribution in [0.15, 0.2) is 58.1 Å². The van der Waals surface area contributed by atoms with Crippen LogP contribution in [0.2, 0.25) is 5.02 Å². The number of benzene rings is 2. The number of hydrazone groups is 1. The Morgan fingerprint density at radius 1 is 1.20 bits per heavy atom. The number of unbranched alkanes of at least 4 members (excludes halogenated alkanes) is 1. The monoisotopic (exact) mass is 489 g/mol. The molecule has 0 spiro atoms. The normalized spacial score (nSPS) is 18.6. The first-order valence-electron chi connectivity index (χ1n) is 10.5. The molecular formula is C24H29BrClN3O. The molecule has 2 aromatic carbocycles. The fourth-order valence-electron chi connectivity index (χ4n) is 3.93. The average molecular weight is 491 g/mol. The number of urea groups is 1. The van der Waals surface area contributed by atoms with Gasteiger partial charge in [0.1, 0.15) is 0 Å². The quantitative estimate of drug-likeness (QED) is 0.417. The van der Waals surface area contributed by atoms with Crippen molar-refractivity contribution >= 4 is 45.0 Å². The molecule has 0 radical (unpaired) electrons. The minimum atomic E-state index is -0.178. The molecule has 1 atom stereocenters. The maximum Gasteiger partial charge on any atom is 0.345 e. The lowest BCUT2D eigenvalue weighted by atomic mass is 9.78. The highest BCUT2D eigenvalue weighted by molar-refractivity contribution is 9.10. The Hall–Kier alpha value is -1.85. The van der Waals surface area contributed by atoms with E-state index >= 15 is 0 Å². The van der Waals surface area contributed by atoms with Crippen LogP contribution in [0.4, 0.5) is 10.5 Å². The molecule has 160 valence electrons. The lowest BCUT2D eigenvalue weighted by Gasteiger charge is -2.31. The molecule has 0 aliphatic carbocycles. The fraction of sp³-hybridized carbons (Fsp3) is 0.417. The zero-order chi connectivity index (χ0) is 21.9. The van der Waals surface area contributed by atoms with Crippen LogP contribution in [0.5, 0.6) is 0 Å². The summed E-state index contributed by atoms with van der Waals surface area (Å²) in [5.74, 6) is 0. The van der Waals surface area contributed by atoms with Crippen LogP contribution in [-0.2, 0) is 0 Å². The van der Waals surface area contributed by atoms with E-state index in [-0.39, 0.29) is 17.5 Å². The average Bonchev–Trinajstić information content (AvgIpc) is 3.06. The van der Waals surface area contributed by atoms with Crippen LogP contribution >= 0.6 is 27.5 Å². The molecule has 1 aliphatic heterocycles. The van der Waals surface area contributed by atoms with Gasteiger partial charge in [-0.05, 0) is 62.2 Å². The number of halogens is 2. The van der Waals surface area contributed by atoms with Crippen molar-refractivity contribution in [1.82, 2.24) is 5.01 Å². The number of hydrogen-bond acceptors (Lipinski definition) is 2. The Morgan fingerprint density at radius 3 is 2.40 bits per heavy atom. The number of rotatable bonds is 6. The van der Waals surface area contributed by atoms with Gasteiger partial charge in [0.15, 0.2) is 0 Å². The molecule has 4 nitrogen and oxygen atoms in total. The second-order valence-electron chi connectivity index (χ2n) is 8.40. The zero-order valence-electron chi connectivity index (χ0n) is 18.0. The third-order valence-corrected chi connectivity index (χ3v) is 6.32. The molecule has 2 aromatic rings. The second kappa shape index (κ2) is 9.52. The Morgan fingerprint density at radius 2 is 1.83 bits per heavy atom. The lowest BCUT2D eigenvalue weighted by Crippen LogP contribution is -2.45. The van der Waals surface area contributed by atoms with Gasteiger partial charge in [-0.25, -0.2) is 9.80 Å². The van der Waals surface area contributed by atoms with Gasteiger partial charge in [-0.1, -0.05) is 66.4 Å². The number of carbonyl (C=O) groups is 1. The minimum Gasteiger partial charge on any atom is -0.290 e. The summed E-state index contributed by atoms with van der Waals surface area (Å²) < 4.78 is 1.03. The molecule has 1 aliphatic rings. The number of hydrogen-bond donors (Lipinski definition) is 0. The molecule has 0 bridgehead atoms. The summed E-state index contributed by atoms with van der Waals surface area (Å²) in [5.41, 5.74) is 2.69. The van der Waals surface area contributed by atoms with Crippen molar-refractivity contribution in [3.05, 3.63) is 63.6 Å². The number of nitrogens with zero attached hydrogens (tertiary/aromatic N) is 3. The molecule has 3 rings (SSSR count). The van der Waals surface area contributed by atoms with Crippen molar-refractivity contribution in [2.75, 3.05) is 11.4 Å². The third-order valence-electron chi connectivity index (χ3n) is 5.54.